The molecule has 0 amide bonds. The first-order valence-corrected chi connectivity index (χ1v) is 18.2. The lowest BCUT2D eigenvalue weighted by atomic mass is 9.76. The first-order chi connectivity index (χ1) is 24.0. The van der Waals surface area contributed by atoms with Gasteiger partial charge in [-0.1, -0.05) is 173 Å². The molecule has 5 aromatic carbocycles. The highest BCUT2D eigenvalue weighted by molar-refractivity contribution is 5.40. The third-order valence-electron chi connectivity index (χ3n) is 10.1. The quantitative estimate of drug-likeness (QED) is 0.110. The van der Waals surface area contributed by atoms with Crippen LogP contribution in [-0.2, 0) is 24.3 Å². The van der Waals surface area contributed by atoms with Gasteiger partial charge in [0.1, 0.15) is 11.2 Å². The maximum absolute atomic E-state index is 12.8. The van der Waals surface area contributed by atoms with Gasteiger partial charge in [0.05, 0.1) is 0 Å². The molecule has 0 radical (unpaired) electrons. The van der Waals surface area contributed by atoms with Crippen molar-refractivity contribution in [1.82, 2.24) is 9.80 Å². The van der Waals surface area contributed by atoms with Gasteiger partial charge in [0.2, 0.25) is 0 Å². The zero-order valence-corrected chi connectivity index (χ0v) is 30.8. The van der Waals surface area contributed by atoms with Crippen LogP contribution in [0.15, 0.2) is 146 Å². The van der Waals surface area contributed by atoms with Gasteiger partial charge in [-0.3, -0.25) is 9.80 Å². The zero-order chi connectivity index (χ0) is 35.7. The molecule has 262 valence electrons. The van der Waals surface area contributed by atoms with Gasteiger partial charge in [-0.15, -0.1) is 0 Å². The number of hydrogen-bond acceptors (Lipinski definition) is 4. The van der Waals surface area contributed by atoms with Crippen LogP contribution in [0.2, 0.25) is 0 Å². The van der Waals surface area contributed by atoms with Crippen molar-refractivity contribution in [1.29, 1.82) is 0 Å². The maximum atomic E-state index is 12.8. The number of likely N-dealkylation sites (N-methyl/N-ethyl adjacent to an activating group) is 2. The molecule has 0 aliphatic heterocycles. The molecule has 2 N–H and O–H groups in total. The molecule has 0 saturated heterocycles. The van der Waals surface area contributed by atoms with Gasteiger partial charge in [-0.05, 0) is 72.2 Å². The lowest BCUT2D eigenvalue weighted by molar-refractivity contribution is -0.0242. The van der Waals surface area contributed by atoms with Gasteiger partial charge in [0.15, 0.2) is 0 Å². The normalized spacial score (nSPS) is 13.7. The van der Waals surface area contributed by atoms with E-state index in [1.54, 1.807) is 0 Å². The molecule has 0 fully saturated rings. The van der Waals surface area contributed by atoms with E-state index >= 15 is 0 Å². The Balaban J connectivity index is 1.45. The Morgan fingerprint density at radius 3 is 0.980 bits per heavy atom. The second-order valence-corrected chi connectivity index (χ2v) is 14.9. The topological polar surface area (TPSA) is 46.9 Å². The molecule has 4 heteroatoms. The first kappa shape index (κ1) is 37.2. The molecule has 0 aromatic heterocycles. The highest BCUT2D eigenvalue weighted by atomic mass is 16.3. The summed E-state index contributed by atoms with van der Waals surface area (Å²) in [5.41, 5.74) is 3.61. The fourth-order valence-electron chi connectivity index (χ4n) is 7.73. The van der Waals surface area contributed by atoms with E-state index in [9.17, 15) is 10.2 Å². The first-order valence-electron chi connectivity index (χ1n) is 18.2. The highest BCUT2D eigenvalue weighted by Gasteiger charge is 2.44. The predicted octanol–water partition coefficient (Wildman–Crippen LogP) is 9.25. The minimum absolute atomic E-state index is 0.166. The van der Waals surface area contributed by atoms with E-state index < -0.39 is 11.2 Å². The largest absolute Gasteiger partial charge is 0.379 e. The highest BCUT2D eigenvalue weighted by Crippen LogP contribution is 2.40. The van der Waals surface area contributed by atoms with Crippen molar-refractivity contribution < 1.29 is 10.2 Å². The minimum Gasteiger partial charge on any atom is -0.379 e. The van der Waals surface area contributed by atoms with Crippen molar-refractivity contribution in [3.63, 3.8) is 0 Å². The standard InChI is InChI=1S/C46H56N2O2/c1-35(2)30-43(45(49,39-22-11-7-12-23-39)40-24-13-8-14-25-40)47(5)33-37-20-19-21-38(32-37)34-48(6)44(31-36(3)4)46(50,41-26-15-9-16-27-41)42-28-17-10-18-29-42/h7-29,32,35-36,43-44,49-50H,30-31,33-34H2,1-6H3/t43-,44-/m0/s1. The molecule has 0 unspecified atom stereocenters. The Kier molecular flexibility index (Phi) is 12.5. The molecule has 0 aliphatic rings. The van der Waals surface area contributed by atoms with Gasteiger partial charge in [0.25, 0.3) is 0 Å². The van der Waals surface area contributed by atoms with E-state index in [0.29, 0.717) is 24.9 Å². The third kappa shape index (κ3) is 8.45. The van der Waals surface area contributed by atoms with E-state index in [0.717, 1.165) is 35.1 Å². The van der Waals surface area contributed by atoms with E-state index in [2.05, 4.69) is 75.9 Å². The molecule has 5 rings (SSSR count). The Hall–Kier alpha value is -4.06. The van der Waals surface area contributed by atoms with Crippen LogP contribution in [-0.4, -0.2) is 46.2 Å². The summed E-state index contributed by atoms with van der Waals surface area (Å²) in [7, 11) is 4.28. The van der Waals surface area contributed by atoms with Crippen LogP contribution in [0.1, 0.15) is 73.9 Å². The number of benzene rings is 5. The number of hydrogen-bond donors (Lipinski definition) is 2. The number of nitrogens with zero attached hydrogens (tertiary/aromatic N) is 2. The summed E-state index contributed by atoms with van der Waals surface area (Å²) in [6.45, 7) is 10.3. The zero-order valence-electron chi connectivity index (χ0n) is 30.8. The average Bonchev–Trinajstić information content (AvgIpc) is 3.13. The van der Waals surface area contributed by atoms with Crippen LogP contribution in [0.3, 0.4) is 0 Å². The summed E-state index contributed by atoms with van der Waals surface area (Å²) in [6.07, 6.45) is 1.65. The molecule has 5 aromatic rings. The molecule has 0 aliphatic carbocycles. The van der Waals surface area contributed by atoms with Gasteiger partial charge in [-0.25, -0.2) is 0 Å². The van der Waals surface area contributed by atoms with Crippen LogP contribution in [0.5, 0.6) is 0 Å². The van der Waals surface area contributed by atoms with Crippen molar-refractivity contribution in [2.75, 3.05) is 14.1 Å². The van der Waals surface area contributed by atoms with Crippen LogP contribution in [0.25, 0.3) is 0 Å². The predicted molar refractivity (Wildman–Crippen MR) is 208 cm³/mol. The van der Waals surface area contributed by atoms with Crippen LogP contribution in [0.4, 0.5) is 0 Å². The third-order valence-corrected chi connectivity index (χ3v) is 10.1. The van der Waals surface area contributed by atoms with Crippen LogP contribution >= 0.6 is 0 Å². The van der Waals surface area contributed by atoms with Crippen molar-refractivity contribution >= 4 is 0 Å². The Morgan fingerprint density at radius 2 is 0.720 bits per heavy atom. The second kappa shape index (κ2) is 16.8. The van der Waals surface area contributed by atoms with Crippen molar-refractivity contribution in [2.45, 2.75) is 76.9 Å². The lowest BCUT2D eigenvalue weighted by Gasteiger charge is -2.43. The SMILES string of the molecule is CC(C)C[C@H](N(C)Cc1cccc(CN(C)[C@@H](CC(C)C)C(O)(c2ccccc2)c2ccccc2)c1)C(O)(c1ccccc1)c1ccccc1. The molecule has 50 heavy (non-hydrogen) atoms. The summed E-state index contributed by atoms with van der Waals surface area (Å²) in [5.74, 6) is 0.763. The monoisotopic (exact) mass is 668 g/mol. The Bertz CT molecular complexity index is 1520. The fourth-order valence-corrected chi connectivity index (χ4v) is 7.73. The van der Waals surface area contributed by atoms with Crippen molar-refractivity contribution in [3.05, 3.63) is 179 Å². The smallest absolute Gasteiger partial charge is 0.130 e. The summed E-state index contributed by atoms with van der Waals surface area (Å²) >= 11 is 0. The fraction of sp³-hybridized carbons (Fsp3) is 0.348. The summed E-state index contributed by atoms with van der Waals surface area (Å²) < 4.78 is 0. The molecule has 0 heterocycles. The van der Waals surface area contributed by atoms with Gasteiger partial charge < -0.3 is 10.2 Å². The van der Waals surface area contributed by atoms with Gasteiger partial charge in [-0.2, -0.15) is 0 Å². The Labute approximate surface area is 301 Å². The van der Waals surface area contributed by atoms with Crippen LogP contribution in [0, 0.1) is 11.8 Å². The molecule has 4 nitrogen and oxygen atoms in total. The van der Waals surface area contributed by atoms with E-state index in [-0.39, 0.29) is 12.1 Å². The lowest BCUT2D eigenvalue weighted by Crippen LogP contribution is -2.50. The summed E-state index contributed by atoms with van der Waals surface area (Å²) in [6, 6.07) is 49.0. The molecular weight excluding hydrogens is 613 g/mol. The van der Waals surface area contributed by atoms with E-state index in [4.69, 9.17) is 0 Å². The number of rotatable bonds is 16. The minimum atomic E-state index is -1.19. The molecule has 2 atom stereocenters. The Morgan fingerprint density at radius 1 is 0.440 bits per heavy atom. The van der Waals surface area contributed by atoms with Gasteiger partial charge >= 0.3 is 0 Å². The second-order valence-electron chi connectivity index (χ2n) is 14.9. The number of aliphatic hydroxyl groups is 2. The molecule has 0 saturated carbocycles. The van der Waals surface area contributed by atoms with Gasteiger partial charge in [0, 0.05) is 25.2 Å². The molecule has 0 spiro atoms. The van der Waals surface area contributed by atoms with Crippen LogP contribution < -0.4 is 0 Å². The van der Waals surface area contributed by atoms with E-state index in [1.165, 1.54) is 11.1 Å². The average molecular weight is 669 g/mol. The molecular formula is C46H56N2O2. The summed E-state index contributed by atoms with van der Waals surface area (Å²) in [5, 5.41) is 25.6. The van der Waals surface area contributed by atoms with Crippen molar-refractivity contribution in [3.8, 4) is 0 Å². The summed E-state index contributed by atoms with van der Waals surface area (Å²) in [4.78, 5) is 4.65. The molecule has 0 bridgehead atoms. The van der Waals surface area contributed by atoms with E-state index in [1.807, 2.05) is 121 Å². The van der Waals surface area contributed by atoms with Crippen molar-refractivity contribution in [2.24, 2.45) is 11.8 Å². The maximum Gasteiger partial charge on any atom is 0.130 e.